The van der Waals surface area contributed by atoms with E-state index in [4.69, 9.17) is 0 Å². The zero-order chi connectivity index (χ0) is 15.5. The van der Waals surface area contributed by atoms with Gasteiger partial charge in [0, 0.05) is 11.8 Å². The molecule has 1 aromatic carbocycles. The lowest BCUT2D eigenvalue weighted by molar-refractivity contribution is 0.729. The molecule has 2 heteroatoms. The summed E-state index contributed by atoms with van der Waals surface area (Å²) in [6, 6.07) is 14.6. The fourth-order valence-electron chi connectivity index (χ4n) is 1.95. The second-order valence-corrected chi connectivity index (χ2v) is 12.4. The largest absolute Gasteiger partial charge is 0.256 e. The first-order valence-corrected chi connectivity index (χ1v) is 10.6. The van der Waals surface area contributed by atoms with Gasteiger partial charge >= 0.3 is 0 Å². The Morgan fingerprint density at radius 2 is 1.62 bits per heavy atom. The van der Waals surface area contributed by atoms with E-state index in [1.165, 1.54) is 11.1 Å². The molecule has 110 valence electrons. The zero-order valence-electron chi connectivity index (χ0n) is 13.7. The van der Waals surface area contributed by atoms with E-state index in [0.29, 0.717) is 5.04 Å². The summed E-state index contributed by atoms with van der Waals surface area (Å²) in [6.07, 6.45) is 4.14. The third-order valence-corrected chi connectivity index (χ3v) is 9.38. The Morgan fingerprint density at radius 1 is 0.952 bits per heavy atom. The molecule has 0 aliphatic rings. The maximum Gasteiger partial charge on any atom is 0.0770 e. The molecule has 0 saturated heterocycles. The number of rotatable bonds is 3. The number of aromatic nitrogens is 1. The molecule has 0 fully saturated rings. The normalized spacial score (nSPS) is 12.8. The molecule has 0 saturated carbocycles. The third kappa shape index (κ3) is 3.70. The van der Waals surface area contributed by atoms with Crippen LogP contribution >= 0.6 is 0 Å². The van der Waals surface area contributed by atoms with Crippen molar-refractivity contribution >= 4 is 14.1 Å². The number of hydrogen-bond donors (Lipinski definition) is 0. The third-order valence-electron chi connectivity index (χ3n) is 4.51. The molecule has 0 unspecified atom stereocenters. The van der Waals surface area contributed by atoms with Crippen molar-refractivity contribution in [1.29, 1.82) is 0 Å². The predicted octanol–water partition coefficient (Wildman–Crippen LogP) is 5.81. The predicted molar refractivity (Wildman–Crippen MR) is 95.9 cm³/mol. The van der Waals surface area contributed by atoms with Crippen LogP contribution in [0.3, 0.4) is 0 Å². The van der Waals surface area contributed by atoms with Crippen molar-refractivity contribution in [2.45, 2.75) is 38.9 Å². The summed E-state index contributed by atoms with van der Waals surface area (Å²) in [7, 11) is -1.41. The lowest BCUT2D eigenvalue weighted by Gasteiger charge is -2.34. The van der Waals surface area contributed by atoms with Gasteiger partial charge in [-0.3, -0.25) is 4.98 Å². The highest BCUT2D eigenvalue weighted by molar-refractivity contribution is 6.85. The van der Waals surface area contributed by atoms with Crippen molar-refractivity contribution < 1.29 is 0 Å². The highest BCUT2D eigenvalue weighted by Gasteiger charge is 2.32. The summed E-state index contributed by atoms with van der Waals surface area (Å²) in [4.78, 5) is 4.48. The number of nitrogens with zero attached hydrogens (tertiary/aromatic N) is 1. The highest BCUT2D eigenvalue weighted by Crippen LogP contribution is 2.37. The molecule has 1 nitrogen and oxygen atoms in total. The van der Waals surface area contributed by atoms with Crippen LogP contribution in [0.15, 0.2) is 54.4 Å². The Morgan fingerprint density at radius 3 is 2.24 bits per heavy atom. The molecule has 1 aromatic heterocycles. The summed E-state index contributed by atoms with van der Waals surface area (Å²) < 4.78 is 0. The highest BCUT2D eigenvalue weighted by atomic mass is 28.3. The van der Waals surface area contributed by atoms with Crippen LogP contribution in [0.4, 0.5) is 0 Å². The topological polar surface area (TPSA) is 12.9 Å². The van der Waals surface area contributed by atoms with Gasteiger partial charge in [0.1, 0.15) is 0 Å². The summed E-state index contributed by atoms with van der Waals surface area (Å²) in [5.74, 6) is 0. The number of benzene rings is 1. The molecule has 2 aromatic rings. The van der Waals surface area contributed by atoms with Gasteiger partial charge in [0.15, 0.2) is 0 Å². The average molecular weight is 296 g/mol. The molecule has 0 atom stereocenters. The Labute approximate surface area is 129 Å². The van der Waals surface area contributed by atoms with Crippen molar-refractivity contribution in [3.63, 3.8) is 0 Å². The summed E-state index contributed by atoms with van der Waals surface area (Å²) in [5, 5.41) is 0.365. The first-order chi connectivity index (χ1) is 9.81. The van der Waals surface area contributed by atoms with Gasteiger partial charge in [0.25, 0.3) is 0 Å². The van der Waals surface area contributed by atoms with E-state index in [0.717, 1.165) is 5.69 Å². The van der Waals surface area contributed by atoms with Crippen LogP contribution < -0.4 is 0 Å². The minimum atomic E-state index is -1.41. The monoisotopic (exact) mass is 295 g/mol. The minimum absolute atomic E-state index is 0.365. The van der Waals surface area contributed by atoms with E-state index >= 15 is 0 Å². The van der Waals surface area contributed by atoms with E-state index in [2.05, 4.69) is 81.0 Å². The van der Waals surface area contributed by atoms with Crippen LogP contribution in [-0.2, 0) is 0 Å². The fraction of sp³-hybridized carbons (Fsp3) is 0.316. The van der Waals surface area contributed by atoms with Crippen LogP contribution in [0.2, 0.25) is 18.1 Å². The van der Waals surface area contributed by atoms with Gasteiger partial charge < -0.3 is 0 Å². The molecule has 0 aliphatic heterocycles. The smallest absolute Gasteiger partial charge is 0.0770 e. The Bertz CT molecular complexity index is 622. The molecule has 0 bridgehead atoms. The van der Waals surface area contributed by atoms with E-state index in [-0.39, 0.29) is 0 Å². The van der Waals surface area contributed by atoms with E-state index in [9.17, 15) is 0 Å². The Balaban J connectivity index is 2.39. The molecule has 2 rings (SSSR count). The van der Waals surface area contributed by atoms with Crippen LogP contribution in [0.5, 0.6) is 0 Å². The second-order valence-electron chi connectivity index (χ2n) is 7.11. The van der Waals surface area contributed by atoms with Crippen LogP contribution in [-0.4, -0.2) is 13.1 Å². The van der Waals surface area contributed by atoms with Crippen molar-refractivity contribution in [3.8, 4) is 11.3 Å². The number of hydrogen-bond acceptors (Lipinski definition) is 1. The summed E-state index contributed by atoms with van der Waals surface area (Å²) in [6.45, 7) is 11.9. The van der Waals surface area contributed by atoms with Crippen molar-refractivity contribution in [2.75, 3.05) is 0 Å². The van der Waals surface area contributed by atoms with Gasteiger partial charge in [-0.1, -0.05) is 76.0 Å². The minimum Gasteiger partial charge on any atom is -0.256 e. The Kier molecular flexibility index (Phi) is 4.48. The zero-order valence-corrected chi connectivity index (χ0v) is 14.7. The van der Waals surface area contributed by atoms with Crippen LogP contribution in [0.1, 0.15) is 26.3 Å². The van der Waals surface area contributed by atoms with E-state index < -0.39 is 8.07 Å². The van der Waals surface area contributed by atoms with Crippen molar-refractivity contribution in [3.05, 3.63) is 59.9 Å². The lowest BCUT2D eigenvalue weighted by Crippen LogP contribution is -2.34. The molecule has 0 aliphatic carbocycles. The summed E-state index contributed by atoms with van der Waals surface area (Å²) in [5.41, 5.74) is 5.94. The van der Waals surface area contributed by atoms with Crippen molar-refractivity contribution in [1.82, 2.24) is 4.98 Å². The molecule has 1 heterocycles. The van der Waals surface area contributed by atoms with E-state index in [1.54, 1.807) is 0 Å². The molecule has 0 spiro atoms. The van der Waals surface area contributed by atoms with E-state index in [1.807, 2.05) is 18.3 Å². The quantitative estimate of drug-likeness (QED) is 0.651. The fourth-order valence-corrected chi connectivity index (χ4v) is 3.04. The maximum absolute atomic E-state index is 4.48. The van der Waals surface area contributed by atoms with Crippen LogP contribution in [0.25, 0.3) is 17.3 Å². The van der Waals surface area contributed by atoms with Gasteiger partial charge in [-0.15, -0.1) is 0 Å². The molecular weight excluding hydrogens is 270 g/mol. The van der Waals surface area contributed by atoms with Gasteiger partial charge in [-0.2, -0.15) is 0 Å². The average Bonchev–Trinajstić information content (AvgIpc) is 2.45. The molecule has 0 N–H and O–H groups in total. The molecule has 0 amide bonds. The standard InChI is InChI=1S/C19H25NSi/c1-19(2,3)21(4,5)15-13-16-10-6-7-11-17(16)18-12-8-9-14-20-18/h6-15H,1-5H3/b15-13+. The number of pyridine rings is 1. The van der Waals surface area contributed by atoms with Gasteiger partial charge in [-0.05, 0) is 22.7 Å². The van der Waals surface area contributed by atoms with Gasteiger partial charge in [0.05, 0.1) is 13.8 Å². The molecule has 21 heavy (non-hydrogen) atoms. The van der Waals surface area contributed by atoms with Crippen LogP contribution in [0, 0.1) is 0 Å². The SMILES string of the molecule is CC(C)(C)[Si](C)(C)/C=C/c1ccccc1-c1ccccn1. The lowest BCUT2D eigenvalue weighted by atomic mass is 10.0. The first kappa shape index (κ1) is 15.7. The maximum atomic E-state index is 4.48. The first-order valence-electron chi connectivity index (χ1n) is 7.51. The summed E-state index contributed by atoms with van der Waals surface area (Å²) >= 11 is 0. The van der Waals surface area contributed by atoms with Gasteiger partial charge in [-0.25, -0.2) is 0 Å². The Hall–Kier alpha value is -1.67. The van der Waals surface area contributed by atoms with Gasteiger partial charge in [0.2, 0.25) is 0 Å². The second kappa shape index (κ2) is 5.98. The molecule has 0 radical (unpaired) electrons. The molecular formula is C19H25NSi. The van der Waals surface area contributed by atoms with Crippen molar-refractivity contribution in [2.24, 2.45) is 0 Å².